The summed E-state index contributed by atoms with van der Waals surface area (Å²) in [6.45, 7) is 1.95. The molecule has 0 radical (unpaired) electrons. The molecule has 152 valence electrons. The van der Waals surface area contributed by atoms with E-state index in [9.17, 15) is 18.4 Å². The van der Waals surface area contributed by atoms with Gasteiger partial charge in [-0.05, 0) is 30.3 Å². The Balaban J connectivity index is 1.48. The van der Waals surface area contributed by atoms with Gasteiger partial charge in [0.1, 0.15) is 0 Å². The number of carbonyl (C=O) groups excluding carboxylic acids is 2. The number of hydrogen-bond donors (Lipinski definition) is 2. The van der Waals surface area contributed by atoms with Gasteiger partial charge < -0.3 is 10.6 Å². The molecular weight excluding hydrogens is 436 g/mol. The van der Waals surface area contributed by atoms with Crippen molar-refractivity contribution in [3.63, 3.8) is 0 Å². The van der Waals surface area contributed by atoms with Crippen molar-refractivity contribution in [3.05, 3.63) is 52.2 Å². The molecule has 10 heteroatoms. The Hall–Kier alpha value is -2.30. The highest BCUT2D eigenvalue weighted by molar-refractivity contribution is 7.99. The third kappa shape index (κ3) is 6.34. The van der Waals surface area contributed by atoms with Crippen LogP contribution in [-0.2, 0) is 16.1 Å². The van der Waals surface area contributed by atoms with E-state index in [0.717, 1.165) is 27.6 Å². The van der Waals surface area contributed by atoms with Crippen LogP contribution in [0.15, 0.2) is 40.6 Å². The van der Waals surface area contributed by atoms with Crippen molar-refractivity contribution in [2.24, 2.45) is 0 Å². The van der Waals surface area contributed by atoms with Gasteiger partial charge in [0.15, 0.2) is 16.8 Å². The second-order valence-electron chi connectivity index (χ2n) is 5.94. The van der Waals surface area contributed by atoms with E-state index in [4.69, 9.17) is 0 Å². The molecule has 0 unspecified atom stereocenters. The number of benzene rings is 1. The Bertz CT molecular complexity index is 1020. The van der Waals surface area contributed by atoms with Gasteiger partial charge in [-0.15, -0.1) is 34.4 Å². The van der Waals surface area contributed by atoms with Crippen LogP contribution < -0.4 is 10.6 Å². The van der Waals surface area contributed by atoms with Crippen molar-refractivity contribution in [2.45, 2.75) is 24.8 Å². The first-order chi connectivity index (χ1) is 13.9. The molecule has 0 saturated carbocycles. The van der Waals surface area contributed by atoms with Crippen molar-refractivity contribution in [1.29, 1.82) is 0 Å². The maximum Gasteiger partial charge on any atom is 0.226 e. The predicted molar refractivity (Wildman–Crippen MR) is 113 cm³/mol. The van der Waals surface area contributed by atoms with Gasteiger partial charge in [-0.3, -0.25) is 9.59 Å². The minimum atomic E-state index is -0.899. The quantitative estimate of drug-likeness (QED) is 0.476. The molecule has 0 atom stereocenters. The topological polar surface area (TPSA) is 71.1 Å². The van der Waals surface area contributed by atoms with E-state index in [2.05, 4.69) is 15.6 Å². The Kier molecular flexibility index (Phi) is 7.34. The molecule has 0 bridgehead atoms. The molecule has 0 aliphatic rings. The van der Waals surface area contributed by atoms with E-state index in [1.54, 1.807) is 0 Å². The number of amides is 2. The molecule has 2 amide bonds. The smallest absolute Gasteiger partial charge is 0.226 e. The number of thiophene rings is 1. The molecule has 3 aromatic rings. The van der Waals surface area contributed by atoms with Crippen molar-refractivity contribution in [2.75, 3.05) is 11.1 Å². The Morgan fingerprint density at radius 2 is 2.00 bits per heavy atom. The SMILES string of the molecule is CC(=O)NCc1ccc(-c2csc(NC(=O)CCSc3ccc(F)c(F)c3)n2)s1. The lowest BCUT2D eigenvalue weighted by molar-refractivity contribution is -0.119. The van der Waals surface area contributed by atoms with Crippen LogP contribution in [-0.4, -0.2) is 22.6 Å². The first-order valence-electron chi connectivity index (χ1n) is 8.57. The van der Waals surface area contributed by atoms with Gasteiger partial charge >= 0.3 is 0 Å². The van der Waals surface area contributed by atoms with Crippen LogP contribution in [0.1, 0.15) is 18.2 Å². The second-order valence-corrected chi connectivity index (χ2v) is 9.13. The lowest BCUT2D eigenvalue weighted by atomic mass is 10.3. The zero-order chi connectivity index (χ0) is 20.8. The minimum absolute atomic E-state index is 0.0821. The fourth-order valence-corrected chi connectivity index (χ4v) is 4.86. The molecule has 0 saturated heterocycles. The standard InChI is InChI=1S/C19H17F2N3O2S3/c1-11(25)22-9-13-3-5-17(29-13)16-10-28-19(23-16)24-18(26)6-7-27-12-2-4-14(20)15(21)8-12/h2-5,8,10H,6-7,9H2,1H3,(H,22,25)(H,23,24,26). The number of rotatable bonds is 8. The highest BCUT2D eigenvalue weighted by Gasteiger charge is 2.11. The average Bonchev–Trinajstić information content (AvgIpc) is 3.32. The monoisotopic (exact) mass is 453 g/mol. The zero-order valence-electron chi connectivity index (χ0n) is 15.3. The molecule has 0 aliphatic heterocycles. The number of halogens is 2. The van der Waals surface area contributed by atoms with E-state index < -0.39 is 11.6 Å². The summed E-state index contributed by atoms with van der Waals surface area (Å²) in [6, 6.07) is 7.53. The molecule has 2 N–H and O–H groups in total. The molecule has 2 heterocycles. The highest BCUT2D eigenvalue weighted by Crippen LogP contribution is 2.31. The van der Waals surface area contributed by atoms with Gasteiger partial charge in [-0.2, -0.15) is 0 Å². The molecule has 3 rings (SSSR count). The summed E-state index contributed by atoms with van der Waals surface area (Å²) in [5, 5.41) is 7.87. The van der Waals surface area contributed by atoms with Crippen LogP contribution in [0.4, 0.5) is 13.9 Å². The zero-order valence-corrected chi connectivity index (χ0v) is 17.8. The van der Waals surface area contributed by atoms with Crippen molar-refractivity contribution in [1.82, 2.24) is 10.3 Å². The van der Waals surface area contributed by atoms with E-state index >= 15 is 0 Å². The van der Waals surface area contributed by atoms with E-state index in [1.807, 2.05) is 17.5 Å². The highest BCUT2D eigenvalue weighted by atomic mass is 32.2. The Morgan fingerprint density at radius 3 is 2.76 bits per heavy atom. The van der Waals surface area contributed by atoms with Gasteiger partial charge in [0.2, 0.25) is 11.8 Å². The molecule has 5 nitrogen and oxygen atoms in total. The van der Waals surface area contributed by atoms with Gasteiger partial charge in [-0.25, -0.2) is 13.8 Å². The first kappa shape index (κ1) is 21.4. The average molecular weight is 454 g/mol. The van der Waals surface area contributed by atoms with Crippen molar-refractivity contribution in [3.8, 4) is 10.6 Å². The third-order valence-electron chi connectivity index (χ3n) is 3.67. The number of carbonyl (C=O) groups is 2. The van der Waals surface area contributed by atoms with Crippen LogP contribution in [0.5, 0.6) is 0 Å². The Morgan fingerprint density at radius 1 is 1.17 bits per heavy atom. The number of nitrogens with zero attached hydrogens (tertiary/aromatic N) is 1. The summed E-state index contributed by atoms with van der Waals surface area (Å²) < 4.78 is 26.1. The maximum absolute atomic E-state index is 13.2. The number of hydrogen-bond acceptors (Lipinski definition) is 6. The number of aromatic nitrogens is 1. The van der Waals surface area contributed by atoms with Gasteiger partial charge in [0, 0.05) is 34.3 Å². The molecule has 0 spiro atoms. The second kappa shape index (κ2) is 9.95. The van der Waals surface area contributed by atoms with Crippen LogP contribution >= 0.6 is 34.4 Å². The van der Waals surface area contributed by atoms with Crippen molar-refractivity contribution >= 4 is 51.4 Å². The van der Waals surface area contributed by atoms with Crippen LogP contribution in [0.2, 0.25) is 0 Å². The van der Waals surface area contributed by atoms with Crippen LogP contribution in [0.25, 0.3) is 10.6 Å². The largest absolute Gasteiger partial charge is 0.351 e. The van der Waals surface area contributed by atoms with E-state index in [0.29, 0.717) is 22.3 Å². The molecule has 1 aromatic carbocycles. The van der Waals surface area contributed by atoms with Gasteiger partial charge in [0.25, 0.3) is 0 Å². The van der Waals surface area contributed by atoms with Crippen LogP contribution in [0, 0.1) is 11.6 Å². The summed E-state index contributed by atoms with van der Waals surface area (Å²) in [5.74, 6) is -1.63. The molecular formula is C19H17F2N3O2S3. The summed E-state index contributed by atoms with van der Waals surface area (Å²) in [7, 11) is 0. The number of nitrogens with one attached hydrogen (secondary N) is 2. The number of thioether (sulfide) groups is 1. The normalized spacial score (nSPS) is 10.7. The fourth-order valence-electron chi connectivity index (χ4n) is 2.28. The van der Waals surface area contributed by atoms with Crippen LogP contribution in [0.3, 0.4) is 0 Å². The first-order valence-corrected chi connectivity index (χ1v) is 11.3. The molecule has 2 aromatic heterocycles. The van der Waals surface area contributed by atoms with E-state index in [-0.39, 0.29) is 18.2 Å². The van der Waals surface area contributed by atoms with Gasteiger partial charge in [0.05, 0.1) is 17.1 Å². The third-order valence-corrected chi connectivity index (χ3v) is 6.53. The van der Waals surface area contributed by atoms with Gasteiger partial charge in [-0.1, -0.05) is 0 Å². The van der Waals surface area contributed by atoms with E-state index in [1.165, 1.54) is 47.4 Å². The summed E-state index contributed by atoms with van der Waals surface area (Å²) >= 11 is 4.14. The summed E-state index contributed by atoms with van der Waals surface area (Å²) in [4.78, 5) is 30.1. The Labute approximate surface area is 178 Å². The molecule has 0 aliphatic carbocycles. The number of anilines is 1. The van der Waals surface area contributed by atoms with Crippen molar-refractivity contribution < 1.29 is 18.4 Å². The maximum atomic E-state index is 13.2. The fraction of sp³-hybridized carbons (Fsp3) is 0.211. The molecule has 29 heavy (non-hydrogen) atoms. The number of thiazole rings is 1. The molecule has 0 fully saturated rings. The summed E-state index contributed by atoms with van der Waals surface area (Å²) in [6.07, 6.45) is 0.221. The lowest BCUT2D eigenvalue weighted by Gasteiger charge is -2.03. The lowest BCUT2D eigenvalue weighted by Crippen LogP contribution is -2.17. The minimum Gasteiger partial charge on any atom is -0.351 e. The predicted octanol–water partition coefficient (Wildman–Crippen LogP) is 4.91. The summed E-state index contributed by atoms with van der Waals surface area (Å²) in [5.41, 5.74) is 0.764.